The van der Waals surface area contributed by atoms with Crippen LogP contribution < -0.4 is 0 Å². The Balaban J connectivity index is 1.66. The van der Waals surface area contributed by atoms with Crippen molar-refractivity contribution in [2.75, 3.05) is 0 Å². The van der Waals surface area contributed by atoms with Crippen molar-refractivity contribution in [2.24, 2.45) is 29.1 Å². The molecule has 2 fully saturated rings. The molecule has 3 aliphatic carbocycles. The first-order valence-corrected chi connectivity index (χ1v) is 12.4. The summed E-state index contributed by atoms with van der Waals surface area (Å²) in [6, 6.07) is 0. The highest BCUT2D eigenvalue weighted by Crippen LogP contribution is 2.60. The van der Waals surface area contributed by atoms with Crippen LogP contribution in [0.1, 0.15) is 112 Å². The maximum atomic E-state index is 10.1. The molecule has 0 aliphatic heterocycles. The highest BCUT2D eigenvalue weighted by atomic mass is 16.3. The summed E-state index contributed by atoms with van der Waals surface area (Å²) in [5, 5.41) is 10.1. The van der Waals surface area contributed by atoms with Gasteiger partial charge in [-0.2, -0.15) is 0 Å². The molecular formula is C27H46O. The van der Waals surface area contributed by atoms with Gasteiger partial charge in [0.25, 0.3) is 0 Å². The van der Waals surface area contributed by atoms with E-state index in [1.165, 1.54) is 56.9 Å². The van der Waals surface area contributed by atoms with E-state index in [0.717, 1.165) is 49.4 Å². The van der Waals surface area contributed by atoms with Crippen molar-refractivity contribution in [3.8, 4) is 0 Å². The molecule has 1 N–H and O–H groups in total. The van der Waals surface area contributed by atoms with E-state index in [0.29, 0.717) is 5.41 Å². The van der Waals surface area contributed by atoms with Crippen LogP contribution in [0, 0.1) is 29.1 Å². The van der Waals surface area contributed by atoms with Gasteiger partial charge >= 0.3 is 0 Å². The topological polar surface area (TPSA) is 20.2 Å². The molecule has 0 spiro atoms. The molecular weight excluding hydrogens is 340 g/mol. The second-order valence-corrected chi connectivity index (χ2v) is 11.2. The van der Waals surface area contributed by atoms with E-state index in [-0.39, 0.29) is 6.10 Å². The molecule has 0 bridgehead atoms. The van der Waals surface area contributed by atoms with Crippen molar-refractivity contribution in [3.63, 3.8) is 0 Å². The van der Waals surface area contributed by atoms with Crippen molar-refractivity contribution in [1.82, 2.24) is 0 Å². The lowest BCUT2D eigenvalue weighted by Gasteiger charge is -2.44. The van der Waals surface area contributed by atoms with Crippen LogP contribution in [0.25, 0.3) is 0 Å². The van der Waals surface area contributed by atoms with Gasteiger partial charge in [0.1, 0.15) is 0 Å². The zero-order chi connectivity index (χ0) is 20.3. The van der Waals surface area contributed by atoms with Crippen molar-refractivity contribution >= 4 is 0 Å². The van der Waals surface area contributed by atoms with E-state index in [4.69, 9.17) is 0 Å². The summed E-state index contributed by atoms with van der Waals surface area (Å²) in [6.45, 7) is 12.2. The van der Waals surface area contributed by atoms with Crippen LogP contribution >= 0.6 is 0 Å². The minimum Gasteiger partial charge on any atom is -0.393 e. The van der Waals surface area contributed by atoms with Crippen molar-refractivity contribution in [3.05, 3.63) is 22.8 Å². The molecule has 0 saturated heterocycles. The van der Waals surface area contributed by atoms with Gasteiger partial charge in [-0.05, 0) is 93.8 Å². The number of hydrogen-bond acceptors (Lipinski definition) is 1. The smallest absolute Gasteiger partial charge is 0.0580 e. The Morgan fingerprint density at radius 1 is 1.11 bits per heavy atom. The Morgan fingerprint density at radius 2 is 1.89 bits per heavy atom. The first-order chi connectivity index (χ1) is 13.3. The maximum Gasteiger partial charge on any atom is 0.0580 e. The largest absolute Gasteiger partial charge is 0.393 e. The lowest BCUT2D eigenvalue weighted by atomic mass is 9.60. The second kappa shape index (κ2) is 9.50. The van der Waals surface area contributed by atoms with Gasteiger partial charge in [0.15, 0.2) is 0 Å². The third kappa shape index (κ3) is 4.94. The molecule has 0 radical (unpaired) electrons. The lowest BCUT2D eigenvalue weighted by Crippen LogP contribution is -2.36. The third-order valence-corrected chi connectivity index (χ3v) is 8.71. The van der Waals surface area contributed by atoms with Gasteiger partial charge < -0.3 is 5.11 Å². The number of aliphatic hydroxyl groups is 1. The number of aliphatic hydroxyl groups excluding tert-OH is 1. The Hall–Kier alpha value is -0.560. The predicted molar refractivity (Wildman–Crippen MR) is 121 cm³/mol. The molecule has 0 aromatic rings. The minimum absolute atomic E-state index is 0.101. The lowest BCUT2D eigenvalue weighted by molar-refractivity contribution is 0.0926. The first-order valence-electron chi connectivity index (χ1n) is 12.4. The molecule has 0 aromatic heterocycles. The van der Waals surface area contributed by atoms with E-state index in [2.05, 4.69) is 40.7 Å². The zero-order valence-corrected chi connectivity index (χ0v) is 19.4. The van der Waals surface area contributed by atoms with E-state index in [1.807, 2.05) is 0 Å². The molecule has 1 nitrogen and oxygen atoms in total. The molecule has 0 heterocycles. The van der Waals surface area contributed by atoms with E-state index in [1.54, 1.807) is 11.1 Å². The molecule has 1 heteroatoms. The molecule has 2 saturated carbocycles. The Morgan fingerprint density at radius 3 is 2.64 bits per heavy atom. The number of hydrogen-bond donors (Lipinski definition) is 1. The van der Waals surface area contributed by atoms with E-state index in [9.17, 15) is 5.11 Å². The summed E-state index contributed by atoms with van der Waals surface area (Å²) in [7, 11) is 0. The summed E-state index contributed by atoms with van der Waals surface area (Å²) in [5.74, 6) is 3.48. The molecule has 0 amide bonds. The molecule has 0 unspecified atom stereocenters. The summed E-state index contributed by atoms with van der Waals surface area (Å²) in [4.78, 5) is 0. The average Bonchev–Trinajstić information content (AvgIpc) is 2.99. The van der Waals surface area contributed by atoms with Gasteiger partial charge in [-0.3, -0.25) is 0 Å². The van der Waals surface area contributed by atoms with Gasteiger partial charge in [0, 0.05) is 0 Å². The quantitative estimate of drug-likeness (QED) is 0.442. The Kier molecular flexibility index (Phi) is 7.51. The standard InChI is InChI=1S/C27H46O/c1-19(2)8-6-9-21(4)25-15-16-26-22(10-7-17-27(25,26)5)12-13-23-18-24(28)14-11-20(23)3/h12,19,21,24-26,28H,6-11,13-18H2,1-5H3/b22-12+/t21-,24+,25-,26+,27-/m1/s1. The van der Waals surface area contributed by atoms with Crippen molar-refractivity contribution < 1.29 is 5.11 Å². The fourth-order valence-corrected chi connectivity index (χ4v) is 6.94. The normalized spacial score (nSPS) is 36.2. The van der Waals surface area contributed by atoms with Gasteiger partial charge in [-0.15, -0.1) is 0 Å². The van der Waals surface area contributed by atoms with Crippen molar-refractivity contribution in [2.45, 2.75) is 118 Å². The van der Waals surface area contributed by atoms with E-state index >= 15 is 0 Å². The third-order valence-electron chi connectivity index (χ3n) is 8.71. The number of fused-ring (bicyclic) bond motifs is 1. The molecule has 5 atom stereocenters. The molecule has 0 aromatic carbocycles. The van der Waals surface area contributed by atoms with Crippen LogP contribution in [-0.4, -0.2) is 11.2 Å². The fourth-order valence-electron chi connectivity index (χ4n) is 6.94. The molecule has 3 rings (SSSR count). The average molecular weight is 387 g/mol. The van der Waals surface area contributed by atoms with Crippen LogP contribution in [0.15, 0.2) is 22.8 Å². The maximum absolute atomic E-state index is 10.1. The molecule has 3 aliphatic rings. The summed E-state index contributed by atoms with van der Waals surface area (Å²) in [6.07, 6.45) is 17.8. The monoisotopic (exact) mass is 386 g/mol. The van der Waals surface area contributed by atoms with Gasteiger partial charge in [0.05, 0.1) is 6.10 Å². The summed E-state index contributed by atoms with van der Waals surface area (Å²) < 4.78 is 0. The van der Waals surface area contributed by atoms with Crippen LogP contribution in [0.5, 0.6) is 0 Å². The van der Waals surface area contributed by atoms with E-state index < -0.39 is 0 Å². The zero-order valence-electron chi connectivity index (χ0n) is 19.4. The Labute approximate surface area is 175 Å². The summed E-state index contributed by atoms with van der Waals surface area (Å²) >= 11 is 0. The van der Waals surface area contributed by atoms with Crippen LogP contribution in [0.3, 0.4) is 0 Å². The highest BCUT2D eigenvalue weighted by Gasteiger charge is 2.50. The fraction of sp³-hybridized carbons (Fsp3) is 0.852. The molecule has 28 heavy (non-hydrogen) atoms. The number of rotatable bonds is 7. The van der Waals surface area contributed by atoms with Crippen LogP contribution in [-0.2, 0) is 0 Å². The van der Waals surface area contributed by atoms with Crippen LogP contribution in [0.4, 0.5) is 0 Å². The molecule has 160 valence electrons. The van der Waals surface area contributed by atoms with Crippen molar-refractivity contribution in [1.29, 1.82) is 0 Å². The summed E-state index contributed by atoms with van der Waals surface area (Å²) in [5.41, 5.74) is 5.38. The highest BCUT2D eigenvalue weighted by molar-refractivity contribution is 5.24. The number of allylic oxidation sites excluding steroid dienone is 3. The van der Waals surface area contributed by atoms with Gasteiger partial charge in [0.2, 0.25) is 0 Å². The first kappa shape index (κ1) is 22.1. The SMILES string of the molecule is CC1=C(C/C=C2\CCC[C@]3(C)[C@@H]([C@H](C)CCCC(C)C)CC[C@@H]23)C[C@@H](O)CC1. The van der Waals surface area contributed by atoms with Gasteiger partial charge in [-0.1, -0.05) is 69.8 Å². The van der Waals surface area contributed by atoms with Crippen LogP contribution in [0.2, 0.25) is 0 Å². The van der Waals surface area contributed by atoms with Gasteiger partial charge in [-0.25, -0.2) is 0 Å². The predicted octanol–water partition coefficient (Wildman–Crippen LogP) is 7.84. The second-order valence-electron chi connectivity index (χ2n) is 11.2. The minimum atomic E-state index is -0.101. The Bertz CT molecular complexity index is 583.